The third-order valence-electron chi connectivity index (χ3n) is 2.20. The molecular formula is C11H13N3O. The highest BCUT2D eigenvalue weighted by molar-refractivity contribution is 5.62. The minimum Gasteiger partial charge on any atom is -0.467 e. The molecule has 0 spiro atoms. The first-order valence-electron chi connectivity index (χ1n) is 4.71. The number of aromatic nitrogens is 1. The number of nitrogen functional groups attached to an aromatic ring is 1. The van der Waals surface area contributed by atoms with Crippen LogP contribution in [0.3, 0.4) is 0 Å². The Morgan fingerprint density at radius 3 is 2.93 bits per heavy atom. The summed E-state index contributed by atoms with van der Waals surface area (Å²) in [6.07, 6.45) is 3.34. The molecule has 4 heteroatoms. The number of hydrogen-bond donors (Lipinski definition) is 1. The van der Waals surface area contributed by atoms with Gasteiger partial charge in [0.2, 0.25) is 0 Å². The average Bonchev–Trinajstić information content (AvgIpc) is 2.71. The van der Waals surface area contributed by atoms with Gasteiger partial charge in [0.05, 0.1) is 18.5 Å². The zero-order chi connectivity index (χ0) is 10.7. The zero-order valence-electron chi connectivity index (χ0n) is 8.55. The molecule has 0 unspecified atom stereocenters. The van der Waals surface area contributed by atoms with Crippen LogP contribution in [0.15, 0.2) is 41.1 Å². The van der Waals surface area contributed by atoms with E-state index in [0.717, 1.165) is 11.4 Å². The van der Waals surface area contributed by atoms with Crippen LogP contribution in [-0.4, -0.2) is 12.0 Å². The summed E-state index contributed by atoms with van der Waals surface area (Å²) in [4.78, 5) is 6.04. The molecule has 0 amide bonds. The smallest absolute Gasteiger partial charge is 0.146 e. The largest absolute Gasteiger partial charge is 0.467 e. The molecular weight excluding hydrogens is 190 g/mol. The van der Waals surface area contributed by atoms with E-state index in [1.54, 1.807) is 12.5 Å². The zero-order valence-corrected chi connectivity index (χ0v) is 8.55. The molecule has 0 radical (unpaired) electrons. The Morgan fingerprint density at radius 2 is 2.27 bits per heavy atom. The third kappa shape index (κ3) is 2.10. The van der Waals surface area contributed by atoms with Crippen molar-refractivity contribution >= 4 is 11.5 Å². The standard InChI is InChI=1S/C11H13N3O/c1-14(8-9-4-3-7-15-9)10-5-2-6-13-11(10)12/h2-7H,8H2,1H3,(H2,12,13). The summed E-state index contributed by atoms with van der Waals surface area (Å²) in [6.45, 7) is 0.683. The van der Waals surface area contributed by atoms with Gasteiger partial charge in [-0.05, 0) is 24.3 Å². The Hall–Kier alpha value is -1.97. The highest BCUT2D eigenvalue weighted by atomic mass is 16.3. The highest BCUT2D eigenvalue weighted by Crippen LogP contribution is 2.20. The van der Waals surface area contributed by atoms with Gasteiger partial charge >= 0.3 is 0 Å². The van der Waals surface area contributed by atoms with E-state index < -0.39 is 0 Å². The van der Waals surface area contributed by atoms with E-state index in [1.165, 1.54) is 0 Å². The Balaban J connectivity index is 2.15. The maximum atomic E-state index is 5.77. The monoisotopic (exact) mass is 203 g/mol. The molecule has 4 nitrogen and oxygen atoms in total. The van der Waals surface area contributed by atoms with Gasteiger partial charge in [0, 0.05) is 13.2 Å². The molecule has 2 N–H and O–H groups in total. The van der Waals surface area contributed by atoms with Gasteiger partial charge in [-0.3, -0.25) is 0 Å². The van der Waals surface area contributed by atoms with E-state index >= 15 is 0 Å². The van der Waals surface area contributed by atoms with Crippen LogP contribution in [0.4, 0.5) is 11.5 Å². The van der Waals surface area contributed by atoms with Crippen molar-refractivity contribution in [3.05, 3.63) is 42.5 Å². The van der Waals surface area contributed by atoms with Crippen molar-refractivity contribution in [2.45, 2.75) is 6.54 Å². The molecule has 0 atom stereocenters. The van der Waals surface area contributed by atoms with Crippen molar-refractivity contribution in [1.82, 2.24) is 4.98 Å². The van der Waals surface area contributed by atoms with Gasteiger partial charge in [-0.15, -0.1) is 0 Å². The maximum absolute atomic E-state index is 5.77. The molecule has 0 aromatic carbocycles. The molecule has 0 saturated carbocycles. The SMILES string of the molecule is CN(Cc1ccco1)c1cccnc1N. The van der Waals surface area contributed by atoms with Crippen LogP contribution < -0.4 is 10.6 Å². The number of furan rings is 1. The first kappa shape index (κ1) is 9.58. The van der Waals surface area contributed by atoms with Crippen LogP contribution >= 0.6 is 0 Å². The predicted octanol–water partition coefficient (Wildman–Crippen LogP) is 1.89. The molecule has 0 bridgehead atoms. The summed E-state index contributed by atoms with van der Waals surface area (Å²) in [5.41, 5.74) is 6.68. The van der Waals surface area contributed by atoms with Crippen molar-refractivity contribution in [2.24, 2.45) is 0 Å². The normalized spacial score (nSPS) is 10.2. The lowest BCUT2D eigenvalue weighted by molar-refractivity contribution is 0.507. The fraction of sp³-hybridized carbons (Fsp3) is 0.182. The van der Waals surface area contributed by atoms with Crippen molar-refractivity contribution in [1.29, 1.82) is 0 Å². The van der Waals surface area contributed by atoms with Gasteiger partial charge in [-0.25, -0.2) is 4.98 Å². The highest BCUT2D eigenvalue weighted by Gasteiger charge is 2.07. The second-order valence-corrected chi connectivity index (χ2v) is 3.34. The van der Waals surface area contributed by atoms with Gasteiger partial charge in [-0.1, -0.05) is 0 Å². The van der Waals surface area contributed by atoms with E-state index in [2.05, 4.69) is 4.98 Å². The Kier molecular flexibility index (Phi) is 2.58. The van der Waals surface area contributed by atoms with Crippen LogP contribution in [-0.2, 0) is 6.54 Å². The number of rotatable bonds is 3. The van der Waals surface area contributed by atoms with E-state index in [-0.39, 0.29) is 0 Å². The predicted molar refractivity (Wildman–Crippen MR) is 59.5 cm³/mol. The van der Waals surface area contributed by atoms with E-state index in [9.17, 15) is 0 Å². The Labute approximate surface area is 88.3 Å². The van der Waals surface area contributed by atoms with Gasteiger partial charge in [0.25, 0.3) is 0 Å². The number of nitrogens with zero attached hydrogens (tertiary/aromatic N) is 2. The van der Waals surface area contributed by atoms with Crippen LogP contribution in [0.2, 0.25) is 0 Å². The van der Waals surface area contributed by atoms with E-state index in [0.29, 0.717) is 12.4 Å². The molecule has 15 heavy (non-hydrogen) atoms. The summed E-state index contributed by atoms with van der Waals surface area (Å²) in [6, 6.07) is 7.61. The van der Waals surface area contributed by atoms with E-state index in [4.69, 9.17) is 10.2 Å². The minimum absolute atomic E-state index is 0.534. The van der Waals surface area contributed by atoms with Gasteiger partial charge in [0.15, 0.2) is 0 Å². The fourth-order valence-electron chi connectivity index (χ4n) is 1.45. The minimum atomic E-state index is 0.534. The van der Waals surface area contributed by atoms with Gasteiger partial charge in [-0.2, -0.15) is 0 Å². The number of nitrogens with two attached hydrogens (primary N) is 1. The second-order valence-electron chi connectivity index (χ2n) is 3.34. The fourth-order valence-corrected chi connectivity index (χ4v) is 1.45. The molecule has 0 saturated heterocycles. The van der Waals surface area contributed by atoms with Gasteiger partial charge < -0.3 is 15.1 Å². The summed E-state index contributed by atoms with van der Waals surface area (Å²) >= 11 is 0. The van der Waals surface area contributed by atoms with Crippen LogP contribution in [0.5, 0.6) is 0 Å². The molecule has 78 valence electrons. The molecule has 0 aliphatic carbocycles. The van der Waals surface area contributed by atoms with Crippen LogP contribution in [0, 0.1) is 0 Å². The number of pyridine rings is 1. The van der Waals surface area contributed by atoms with Crippen molar-refractivity contribution in [2.75, 3.05) is 17.7 Å². The van der Waals surface area contributed by atoms with E-state index in [1.807, 2.05) is 36.2 Å². The van der Waals surface area contributed by atoms with Gasteiger partial charge in [0.1, 0.15) is 11.6 Å². The lowest BCUT2D eigenvalue weighted by Crippen LogP contribution is -2.17. The molecule has 0 aliphatic heterocycles. The maximum Gasteiger partial charge on any atom is 0.146 e. The molecule has 2 aromatic heterocycles. The topological polar surface area (TPSA) is 55.3 Å². The summed E-state index contributed by atoms with van der Waals surface area (Å²) in [5, 5.41) is 0. The summed E-state index contributed by atoms with van der Waals surface area (Å²) < 4.78 is 5.26. The molecule has 0 fully saturated rings. The van der Waals surface area contributed by atoms with Crippen LogP contribution in [0.25, 0.3) is 0 Å². The lowest BCUT2D eigenvalue weighted by Gasteiger charge is -2.18. The number of hydrogen-bond acceptors (Lipinski definition) is 4. The second kappa shape index (κ2) is 4.04. The summed E-state index contributed by atoms with van der Waals surface area (Å²) in [7, 11) is 1.95. The van der Waals surface area contributed by atoms with Crippen LogP contribution in [0.1, 0.15) is 5.76 Å². The van der Waals surface area contributed by atoms with Crippen molar-refractivity contribution in [3.8, 4) is 0 Å². The first-order valence-corrected chi connectivity index (χ1v) is 4.71. The average molecular weight is 203 g/mol. The van der Waals surface area contributed by atoms with Crippen molar-refractivity contribution in [3.63, 3.8) is 0 Å². The molecule has 2 aromatic rings. The molecule has 0 aliphatic rings. The molecule has 2 rings (SSSR count). The first-order chi connectivity index (χ1) is 7.27. The van der Waals surface area contributed by atoms with Crippen molar-refractivity contribution < 1.29 is 4.42 Å². The Bertz CT molecular complexity index is 425. The lowest BCUT2D eigenvalue weighted by atomic mass is 10.3. The summed E-state index contributed by atoms with van der Waals surface area (Å²) in [5.74, 6) is 1.44. The molecule has 2 heterocycles. The Morgan fingerprint density at radius 1 is 1.40 bits per heavy atom. The quantitative estimate of drug-likeness (QED) is 0.827. The number of anilines is 2. The third-order valence-corrected chi connectivity index (χ3v) is 2.20.